The number of carboxylic acid groups (broad SMARTS) is 1. The summed E-state index contributed by atoms with van der Waals surface area (Å²) in [5.41, 5.74) is 0. The number of carbonyl (C=O) groups is 3. The maximum Gasteiger partial charge on any atom is 0.328 e. The molecule has 2 fully saturated rings. The lowest BCUT2D eigenvalue weighted by Gasteiger charge is -2.38. The zero-order valence-corrected chi connectivity index (χ0v) is 9.89. The Kier molecular flexibility index (Phi) is 3.66. The maximum atomic E-state index is 12.2. The molecule has 0 aromatic carbocycles. The lowest BCUT2D eigenvalue weighted by atomic mass is 10.2. The molecule has 2 aliphatic heterocycles. The van der Waals surface area contributed by atoms with E-state index < -0.39 is 12.0 Å². The molecule has 1 atom stereocenters. The summed E-state index contributed by atoms with van der Waals surface area (Å²) in [4.78, 5) is 37.3. The van der Waals surface area contributed by atoms with Crippen LogP contribution in [0.15, 0.2) is 0 Å². The van der Waals surface area contributed by atoms with Gasteiger partial charge in [-0.2, -0.15) is 0 Å². The highest BCUT2D eigenvalue weighted by atomic mass is 16.4. The molecule has 18 heavy (non-hydrogen) atoms. The smallest absolute Gasteiger partial charge is 0.328 e. The van der Waals surface area contributed by atoms with E-state index in [0.29, 0.717) is 26.2 Å². The fourth-order valence-corrected chi connectivity index (χ4v) is 2.10. The number of amides is 3. The first kappa shape index (κ1) is 12.6. The van der Waals surface area contributed by atoms with E-state index in [2.05, 4.69) is 10.6 Å². The van der Waals surface area contributed by atoms with E-state index in [1.54, 1.807) is 4.90 Å². The number of hydrogen-bond donors (Lipinski definition) is 3. The standard InChI is InChI=1S/C10H16N4O4/c15-8-6-14(7(5-12-8)9(16)17)10(18)13-3-1-11-2-4-13/h7,11H,1-6H2,(H,12,15)(H,16,17). The minimum absolute atomic E-state index is 0.0357. The van der Waals surface area contributed by atoms with Gasteiger partial charge in [-0.05, 0) is 0 Å². The van der Waals surface area contributed by atoms with Gasteiger partial charge in [0.05, 0.1) is 0 Å². The normalized spacial score (nSPS) is 24.7. The van der Waals surface area contributed by atoms with Gasteiger partial charge >= 0.3 is 12.0 Å². The van der Waals surface area contributed by atoms with Crippen molar-refractivity contribution >= 4 is 17.9 Å². The molecule has 3 N–H and O–H groups in total. The van der Waals surface area contributed by atoms with Crippen LogP contribution in [0.25, 0.3) is 0 Å². The molecule has 1 unspecified atom stereocenters. The molecular weight excluding hydrogens is 240 g/mol. The van der Waals surface area contributed by atoms with Crippen LogP contribution in [0.2, 0.25) is 0 Å². The van der Waals surface area contributed by atoms with Gasteiger partial charge in [-0.1, -0.05) is 0 Å². The van der Waals surface area contributed by atoms with Crippen LogP contribution in [0.5, 0.6) is 0 Å². The van der Waals surface area contributed by atoms with E-state index in [4.69, 9.17) is 5.11 Å². The van der Waals surface area contributed by atoms with Crippen molar-refractivity contribution in [2.75, 3.05) is 39.3 Å². The molecule has 0 saturated carbocycles. The van der Waals surface area contributed by atoms with Gasteiger partial charge in [0.1, 0.15) is 12.6 Å². The van der Waals surface area contributed by atoms with Crippen molar-refractivity contribution in [1.29, 1.82) is 0 Å². The Bertz CT molecular complexity index is 367. The summed E-state index contributed by atoms with van der Waals surface area (Å²) in [5, 5.41) is 14.6. The first-order valence-electron chi connectivity index (χ1n) is 5.85. The number of piperazine rings is 2. The third kappa shape index (κ3) is 2.53. The quantitative estimate of drug-likeness (QED) is 0.498. The third-order valence-corrected chi connectivity index (χ3v) is 3.10. The van der Waals surface area contributed by atoms with E-state index in [0.717, 1.165) is 4.90 Å². The highest BCUT2D eigenvalue weighted by Crippen LogP contribution is 2.09. The maximum absolute atomic E-state index is 12.2. The van der Waals surface area contributed by atoms with Crippen LogP contribution in [-0.2, 0) is 9.59 Å². The van der Waals surface area contributed by atoms with Crippen LogP contribution in [-0.4, -0.2) is 78.1 Å². The molecule has 0 aromatic heterocycles. The molecule has 100 valence electrons. The minimum atomic E-state index is -1.10. The van der Waals surface area contributed by atoms with Crippen LogP contribution in [0.4, 0.5) is 4.79 Å². The Hall–Kier alpha value is -1.83. The molecule has 3 amide bonds. The van der Waals surface area contributed by atoms with Crippen molar-refractivity contribution in [2.45, 2.75) is 6.04 Å². The molecule has 0 aromatic rings. The Morgan fingerprint density at radius 3 is 2.56 bits per heavy atom. The SMILES string of the molecule is O=C1CN(C(=O)N2CCNCC2)C(C(=O)O)CN1. The molecule has 2 rings (SSSR count). The predicted octanol–water partition coefficient (Wildman–Crippen LogP) is -2.10. The summed E-state index contributed by atoms with van der Waals surface area (Å²) in [6.45, 7) is 2.20. The summed E-state index contributed by atoms with van der Waals surface area (Å²) in [7, 11) is 0. The van der Waals surface area contributed by atoms with Gasteiger partial charge in [0, 0.05) is 32.7 Å². The summed E-state index contributed by atoms with van der Waals surface area (Å²) in [5.74, 6) is -1.42. The number of aliphatic carboxylic acids is 1. The van der Waals surface area contributed by atoms with E-state index in [9.17, 15) is 14.4 Å². The molecule has 0 bridgehead atoms. The molecule has 2 heterocycles. The van der Waals surface area contributed by atoms with E-state index in [1.807, 2.05) is 0 Å². The van der Waals surface area contributed by atoms with Crippen LogP contribution >= 0.6 is 0 Å². The topological polar surface area (TPSA) is 102 Å². The molecule has 0 spiro atoms. The lowest BCUT2D eigenvalue weighted by Crippen LogP contribution is -2.63. The van der Waals surface area contributed by atoms with E-state index in [1.165, 1.54) is 0 Å². The van der Waals surface area contributed by atoms with Crippen molar-refractivity contribution in [1.82, 2.24) is 20.4 Å². The molecule has 2 saturated heterocycles. The van der Waals surface area contributed by atoms with Crippen molar-refractivity contribution < 1.29 is 19.5 Å². The van der Waals surface area contributed by atoms with E-state index >= 15 is 0 Å². The average molecular weight is 256 g/mol. The van der Waals surface area contributed by atoms with Crippen LogP contribution in [0, 0.1) is 0 Å². The second kappa shape index (κ2) is 5.21. The molecular formula is C10H16N4O4. The second-order valence-electron chi connectivity index (χ2n) is 4.31. The van der Waals surface area contributed by atoms with Gasteiger partial charge in [0.25, 0.3) is 0 Å². The van der Waals surface area contributed by atoms with Crippen molar-refractivity contribution in [3.8, 4) is 0 Å². The van der Waals surface area contributed by atoms with Crippen molar-refractivity contribution in [3.63, 3.8) is 0 Å². The lowest BCUT2D eigenvalue weighted by molar-refractivity contribution is -0.144. The summed E-state index contributed by atoms with van der Waals surface area (Å²) in [6, 6.07) is -1.36. The zero-order valence-electron chi connectivity index (χ0n) is 9.89. The van der Waals surface area contributed by atoms with Crippen molar-refractivity contribution in [2.24, 2.45) is 0 Å². The van der Waals surface area contributed by atoms with Gasteiger partial charge in [0.15, 0.2) is 0 Å². The summed E-state index contributed by atoms with van der Waals surface area (Å²) < 4.78 is 0. The molecule has 8 heteroatoms. The predicted molar refractivity (Wildman–Crippen MR) is 61.0 cm³/mol. The Morgan fingerprint density at radius 1 is 1.28 bits per heavy atom. The second-order valence-corrected chi connectivity index (χ2v) is 4.31. The fourth-order valence-electron chi connectivity index (χ4n) is 2.10. The van der Waals surface area contributed by atoms with Gasteiger partial charge < -0.3 is 20.6 Å². The Labute approximate surface area is 104 Å². The monoisotopic (exact) mass is 256 g/mol. The van der Waals surface area contributed by atoms with E-state index in [-0.39, 0.29) is 25.0 Å². The molecule has 2 aliphatic rings. The largest absolute Gasteiger partial charge is 0.480 e. The van der Waals surface area contributed by atoms with Crippen LogP contribution in [0.3, 0.4) is 0 Å². The van der Waals surface area contributed by atoms with Gasteiger partial charge in [-0.25, -0.2) is 9.59 Å². The highest BCUT2D eigenvalue weighted by Gasteiger charge is 2.37. The molecule has 8 nitrogen and oxygen atoms in total. The first-order valence-corrected chi connectivity index (χ1v) is 5.85. The van der Waals surface area contributed by atoms with Gasteiger partial charge in [0.2, 0.25) is 5.91 Å². The Morgan fingerprint density at radius 2 is 1.94 bits per heavy atom. The minimum Gasteiger partial charge on any atom is -0.480 e. The summed E-state index contributed by atoms with van der Waals surface area (Å²) >= 11 is 0. The van der Waals surface area contributed by atoms with Crippen molar-refractivity contribution in [3.05, 3.63) is 0 Å². The van der Waals surface area contributed by atoms with Crippen LogP contribution < -0.4 is 10.6 Å². The average Bonchev–Trinajstić information content (AvgIpc) is 2.38. The highest BCUT2D eigenvalue weighted by molar-refractivity contribution is 5.90. The van der Waals surface area contributed by atoms with Gasteiger partial charge in [-0.3, -0.25) is 9.69 Å². The fraction of sp³-hybridized carbons (Fsp3) is 0.700. The molecule has 0 radical (unpaired) electrons. The number of nitrogens with one attached hydrogen (secondary N) is 2. The number of carbonyl (C=O) groups excluding carboxylic acids is 2. The number of nitrogens with zero attached hydrogens (tertiary/aromatic N) is 2. The van der Waals surface area contributed by atoms with Crippen LogP contribution in [0.1, 0.15) is 0 Å². The number of hydrogen-bond acceptors (Lipinski definition) is 4. The number of urea groups is 1. The number of carboxylic acids is 1. The molecule has 0 aliphatic carbocycles. The summed E-state index contributed by atoms with van der Waals surface area (Å²) in [6.07, 6.45) is 0. The third-order valence-electron chi connectivity index (χ3n) is 3.10. The zero-order chi connectivity index (χ0) is 13.1. The number of rotatable bonds is 1. The Balaban J connectivity index is 2.08. The van der Waals surface area contributed by atoms with Gasteiger partial charge in [-0.15, -0.1) is 0 Å². The first-order chi connectivity index (χ1) is 8.59.